The van der Waals surface area contributed by atoms with Gasteiger partial charge in [-0.05, 0) is 38.6 Å². The Hall–Kier alpha value is -1.14. The Balaban J connectivity index is 1.93. The Bertz CT molecular complexity index is 458. The summed E-state index contributed by atoms with van der Waals surface area (Å²) in [5.74, 6) is 0.757. The van der Waals surface area contributed by atoms with Crippen LogP contribution in [0.15, 0.2) is 18.2 Å². The number of rotatable bonds is 7. The summed E-state index contributed by atoms with van der Waals surface area (Å²) in [5, 5.41) is 9.52. The van der Waals surface area contributed by atoms with Crippen LogP contribution in [-0.4, -0.2) is 55.6 Å². The van der Waals surface area contributed by atoms with Crippen molar-refractivity contribution >= 4 is 0 Å². The molecule has 1 heterocycles. The highest BCUT2D eigenvalue weighted by molar-refractivity contribution is 5.37. The average Bonchev–Trinajstić information content (AvgIpc) is 2.49. The zero-order chi connectivity index (χ0) is 15.9. The third-order valence-corrected chi connectivity index (χ3v) is 3.51. The highest BCUT2D eigenvalue weighted by Gasteiger charge is 2.16. The Morgan fingerprint density at radius 1 is 1.36 bits per heavy atom. The van der Waals surface area contributed by atoms with Gasteiger partial charge < -0.3 is 19.3 Å². The zero-order valence-electron chi connectivity index (χ0n) is 13.7. The van der Waals surface area contributed by atoms with E-state index in [1.165, 1.54) is 0 Å². The number of ether oxygens (including phenoxy) is 3. The van der Waals surface area contributed by atoms with Crippen LogP contribution in [0.2, 0.25) is 0 Å². The Morgan fingerprint density at radius 3 is 2.82 bits per heavy atom. The van der Waals surface area contributed by atoms with Crippen LogP contribution >= 0.6 is 0 Å². The van der Waals surface area contributed by atoms with Gasteiger partial charge in [-0.2, -0.15) is 0 Å². The first-order valence-electron chi connectivity index (χ1n) is 7.85. The number of hydrogen-bond acceptors (Lipinski definition) is 5. The standard InChI is InChI=1S/C17H27NO4/c1-13(2)22-17-5-4-14(8-15(17)11-19)9-18(3)10-16-12-20-6-7-21-16/h4-5,8,13,16,19H,6-7,9-12H2,1-3H3. The number of nitrogens with zero attached hydrogens (tertiary/aromatic N) is 1. The van der Waals surface area contributed by atoms with E-state index in [-0.39, 0.29) is 18.8 Å². The predicted octanol–water partition coefficient (Wildman–Crippen LogP) is 1.81. The topological polar surface area (TPSA) is 51.2 Å². The molecule has 124 valence electrons. The second-order valence-electron chi connectivity index (χ2n) is 6.03. The van der Waals surface area contributed by atoms with Gasteiger partial charge in [0, 0.05) is 18.7 Å². The summed E-state index contributed by atoms with van der Waals surface area (Å²) in [5.41, 5.74) is 1.98. The molecule has 22 heavy (non-hydrogen) atoms. The Morgan fingerprint density at radius 2 is 2.18 bits per heavy atom. The Kier molecular flexibility index (Phi) is 6.64. The molecule has 1 atom stereocenters. The number of benzene rings is 1. The maximum absolute atomic E-state index is 9.52. The third-order valence-electron chi connectivity index (χ3n) is 3.51. The van der Waals surface area contributed by atoms with Gasteiger partial charge >= 0.3 is 0 Å². The second kappa shape index (κ2) is 8.48. The lowest BCUT2D eigenvalue weighted by molar-refractivity contribution is -0.0962. The molecule has 0 spiro atoms. The molecule has 0 radical (unpaired) electrons. The molecule has 0 bridgehead atoms. The molecule has 0 aromatic heterocycles. The fourth-order valence-electron chi connectivity index (χ4n) is 2.59. The number of aliphatic hydroxyl groups excluding tert-OH is 1. The number of likely N-dealkylation sites (N-methyl/N-ethyl adjacent to an activating group) is 1. The largest absolute Gasteiger partial charge is 0.491 e. The Labute approximate surface area is 132 Å². The van der Waals surface area contributed by atoms with Gasteiger partial charge in [0.15, 0.2) is 0 Å². The summed E-state index contributed by atoms with van der Waals surface area (Å²) in [7, 11) is 2.06. The fourth-order valence-corrected chi connectivity index (χ4v) is 2.59. The summed E-state index contributed by atoms with van der Waals surface area (Å²) in [6.45, 7) is 7.61. The lowest BCUT2D eigenvalue weighted by Crippen LogP contribution is -2.38. The molecule has 2 rings (SSSR count). The molecular formula is C17H27NO4. The van der Waals surface area contributed by atoms with Gasteiger partial charge in [-0.1, -0.05) is 6.07 Å². The summed E-state index contributed by atoms with van der Waals surface area (Å²) in [6.07, 6.45) is 0.238. The van der Waals surface area contributed by atoms with Gasteiger partial charge in [-0.3, -0.25) is 4.90 Å². The van der Waals surface area contributed by atoms with Crippen LogP contribution in [0.4, 0.5) is 0 Å². The second-order valence-corrected chi connectivity index (χ2v) is 6.03. The van der Waals surface area contributed by atoms with Crippen LogP contribution in [0.3, 0.4) is 0 Å². The minimum atomic E-state index is -0.0147. The van der Waals surface area contributed by atoms with Crippen LogP contribution in [0.25, 0.3) is 0 Å². The average molecular weight is 309 g/mol. The molecule has 5 nitrogen and oxygen atoms in total. The van der Waals surface area contributed by atoms with Crippen LogP contribution in [0.5, 0.6) is 5.75 Å². The predicted molar refractivity (Wildman–Crippen MR) is 85.0 cm³/mol. The molecule has 1 unspecified atom stereocenters. The summed E-state index contributed by atoms with van der Waals surface area (Å²) in [6, 6.07) is 5.99. The first kappa shape index (κ1) is 17.2. The first-order valence-corrected chi connectivity index (χ1v) is 7.85. The van der Waals surface area contributed by atoms with Crippen molar-refractivity contribution < 1.29 is 19.3 Å². The molecule has 1 aromatic rings. The summed E-state index contributed by atoms with van der Waals surface area (Å²) in [4.78, 5) is 2.21. The van der Waals surface area contributed by atoms with E-state index >= 15 is 0 Å². The normalized spacial score (nSPS) is 18.9. The molecule has 1 saturated heterocycles. The van der Waals surface area contributed by atoms with Crippen LogP contribution in [0.1, 0.15) is 25.0 Å². The minimum absolute atomic E-state index is 0.0147. The third kappa shape index (κ3) is 5.25. The van der Waals surface area contributed by atoms with E-state index in [2.05, 4.69) is 11.9 Å². The molecule has 1 N–H and O–H groups in total. The minimum Gasteiger partial charge on any atom is -0.491 e. The van der Waals surface area contributed by atoms with Crippen molar-refractivity contribution in [3.8, 4) is 5.75 Å². The fraction of sp³-hybridized carbons (Fsp3) is 0.647. The van der Waals surface area contributed by atoms with Gasteiger partial charge in [-0.25, -0.2) is 0 Å². The molecule has 0 amide bonds. The van der Waals surface area contributed by atoms with Crippen molar-refractivity contribution in [1.82, 2.24) is 4.90 Å². The first-order chi connectivity index (χ1) is 10.6. The maximum atomic E-state index is 9.52. The van der Waals surface area contributed by atoms with Gasteiger partial charge in [0.1, 0.15) is 5.75 Å². The lowest BCUT2D eigenvalue weighted by atomic mass is 10.1. The van der Waals surface area contributed by atoms with Gasteiger partial charge in [0.25, 0.3) is 0 Å². The molecule has 0 saturated carbocycles. The van der Waals surface area contributed by atoms with Gasteiger partial charge in [-0.15, -0.1) is 0 Å². The van der Waals surface area contributed by atoms with E-state index in [9.17, 15) is 5.11 Å². The van der Waals surface area contributed by atoms with Crippen LogP contribution in [-0.2, 0) is 22.6 Å². The monoisotopic (exact) mass is 309 g/mol. The van der Waals surface area contributed by atoms with Crippen molar-refractivity contribution in [3.05, 3.63) is 29.3 Å². The number of aliphatic hydroxyl groups is 1. The van der Waals surface area contributed by atoms with Crippen molar-refractivity contribution in [2.75, 3.05) is 33.4 Å². The molecule has 0 aliphatic carbocycles. The van der Waals surface area contributed by atoms with Crippen LogP contribution < -0.4 is 4.74 Å². The molecular weight excluding hydrogens is 282 g/mol. The smallest absolute Gasteiger partial charge is 0.125 e. The lowest BCUT2D eigenvalue weighted by Gasteiger charge is -2.27. The SMILES string of the molecule is CC(C)Oc1ccc(CN(C)CC2COCCO2)cc1CO. The number of hydrogen-bond donors (Lipinski definition) is 1. The molecule has 5 heteroatoms. The zero-order valence-corrected chi connectivity index (χ0v) is 13.7. The van der Waals surface area contributed by atoms with Crippen molar-refractivity contribution in [3.63, 3.8) is 0 Å². The van der Waals surface area contributed by atoms with E-state index < -0.39 is 0 Å². The quantitative estimate of drug-likeness (QED) is 0.832. The van der Waals surface area contributed by atoms with Crippen molar-refractivity contribution in [1.29, 1.82) is 0 Å². The molecule has 1 fully saturated rings. The highest BCUT2D eigenvalue weighted by Crippen LogP contribution is 2.22. The van der Waals surface area contributed by atoms with Crippen molar-refractivity contribution in [2.45, 2.75) is 39.2 Å². The molecule has 1 aromatic carbocycles. The highest BCUT2D eigenvalue weighted by atomic mass is 16.6. The van der Waals surface area contributed by atoms with Crippen molar-refractivity contribution in [2.24, 2.45) is 0 Å². The molecule has 1 aliphatic rings. The van der Waals surface area contributed by atoms with Gasteiger partial charge in [0.05, 0.1) is 38.6 Å². The van der Waals surface area contributed by atoms with E-state index in [4.69, 9.17) is 14.2 Å². The van der Waals surface area contributed by atoms with E-state index in [1.54, 1.807) is 0 Å². The summed E-state index contributed by atoms with van der Waals surface area (Å²) >= 11 is 0. The summed E-state index contributed by atoms with van der Waals surface area (Å²) < 4.78 is 16.8. The molecule has 1 aliphatic heterocycles. The van der Waals surface area contributed by atoms with E-state index in [0.29, 0.717) is 19.8 Å². The van der Waals surface area contributed by atoms with E-state index in [0.717, 1.165) is 30.0 Å². The van der Waals surface area contributed by atoms with Crippen LogP contribution in [0, 0.1) is 0 Å². The van der Waals surface area contributed by atoms with E-state index in [1.807, 2.05) is 32.0 Å². The van der Waals surface area contributed by atoms with Gasteiger partial charge in [0.2, 0.25) is 0 Å². The maximum Gasteiger partial charge on any atom is 0.125 e.